The smallest absolute Gasteiger partial charge is 0.0903 e. The molecule has 2 saturated heterocycles. The zero-order valence-electron chi connectivity index (χ0n) is 10.5. The van der Waals surface area contributed by atoms with E-state index in [1.807, 2.05) is 0 Å². The molecule has 1 aromatic rings. The van der Waals surface area contributed by atoms with Gasteiger partial charge in [0.15, 0.2) is 0 Å². The van der Waals surface area contributed by atoms with Gasteiger partial charge in [-0.15, -0.1) is 0 Å². The number of nitrogens with zero attached hydrogens (tertiary/aromatic N) is 2. The van der Waals surface area contributed by atoms with E-state index in [1.165, 1.54) is 5.56 Å². The molecule has 92 valence electrons. The van der Waals surface area contributed by atoms with Crippen molar-refractivity contribution in [2.24, 2.45) is 0 Å². The monoisotopic (exact) mass is 232 g/mol. The highest BCUT2D eigenvalue weighted by Gasteiger charge is 2.39. The summed E-state index contributed by atoms with van der Waals surface area (Å²) in [5, 5.41) is 0. The minimum Gasteiger partial charge on any atom is -0.369 e. The lowest BCUT2D eigenvalue weighted by Crippen LogP contribution is -2.58. The van der Waals surface area contributed by atoms with Crippen LogP contribution in [0.5, 0.6) is 0 Å². The summed E-state index contributed by atoms with van der Waals surface area (Å²) in [6.07, 6.45) is 0.684. The molecule has 0 radical (unpaired) electrons. The lowest BCUT2D eigenvalue weighted by atomic mass is 9.95. The van der Waals surface area contributed by atoms with Crippen molar-refractivity contribution in [2.75, 3.05) is 33.7 Å². The molecule has 3 nitrogen and oxygen atoms in total. The molecule has 0 aromatic heterocycles. The van der Waals surface area contributed by atoms with E-state index in [2.05, 4.69) is 54.2 Å². The minimum absolute atomic E-state index is 0.305. The van der Waals surface area contributed by atoms with Gasteiger partial charge < -0.3 is 9.64 Å². The number of fused-ring (bicyclic) bond motifs is 2. The van der Waals surface area contributed by atoms with Gasteiger partial charge in [-0.2, -0.15) is 0 Å². The topological polar surface area (TPSA) is 15.7 Å². The Hall–Kier alpha value is -0.900. The first-order valence-corrected chi connectivity index (χ1v) is 6.33. The number of rotatable bonds is 1. The van der Waals surface area contributed by atoms with Crippen LogP contribution in [0.25, 0.3) is 0 Å². The average molecular weight is 232 g/mol. The highest BCUT2D eigenvalue weighted by atomic mass is 16.5. The summed E-state index contributed by atoms with van der Waals surface area (Å²) < 4.78 is 6.15. The van der Waals surface area contributed by atoms with Crippen LogP contribution in [0, 0.1) is 0 Å². The molecule has 2 heterocycles. The van der Waals surface area contributed by atoms with Crippen molar-refractivity contribution in [3.8, 4) is 0 Å². The van der Waals surface area contributed by atoms with E-state index >= 15 is 0 Å². The van der Waals surface area contributed by atoms with Gasteiger partial charge in [-0.1, -0.05) is 30.3 Å². The Labute approximate surface area is 103 Å². The molecule has 0 amide bonds. The van der Waals surface area contributed by atoms with Gasteiger partial charge in [-0.05, 0) is 19.7 Å². The molecule has 3 atom stereocenters. The van der Waals surface area contributed by atoms with Crippen molar-refractivity contribution in [3.05, 3.63) is 35.9 Å². The van der Waals surface area contributed by atoms with Crippen LogP contribution in [-0.4, -0.2) is 55.7 Å². The first-order valence-electron chi connectivity index (χ1n) is 6.33. The van der Waals surface area contributed by atoms with Gasteiger partial charge in [-0.25, -0.2) is 0 Å². The molecule has 2 bridgehead atoms. The predicted octanol–water partition coefficient (Wildman–Crippen LogP) is 1.37. The molecule has 2 aliphatic heterocycles. The lowest BCUT2D eigenvalue weighted by molar-refractivity contribution is -0.158. The Bertz CT molecular complexity index is 377. The molecule has 0 saturated carbocycles. The molecular formula is C14H20N2O. The molecule has 0 spiro atoms. The Morgan fingerprint density at radius 3 is 2.59 bits per heavy atom. The van der Waals surface area contributed by atoms with Crippen LogP contribution in [0.4, 0.5) is 0 Å². The Kier molecular flexibility index (Phi) is 2.90. The second kappa shape index (κ2) is 4.41. The number of benzene rings is 1. The predicted molar refractivity (Wildman–Crippen MR) is 68.0 cm³/mol. The van der Waals surface area contributed by atoms with Crippen LogP contribution in [0.2, 0.25) is 0 Å². The molecule has 17 heavy (non-hydrogen) atoms. The van der Waals surface area contributed by atoms with Crippen LogP contribution in [0.15, 0.2) is 30.3 Å². The van der Waals surface area contributed by atoms with Crippen LogP contribution in [0.1, 0.15) is 11.6 Å². The van der Waals surface area contributed by atoms with Gasteiger partial charge >= 0.3 is 0 Å². The Morgan fingerprint density at radius 2 is 1.82 bits per heavy atom. The molecule has 1 aromatic carbocycles. The second-order valence-electron chi connectivity index (χ2n) is 5.31. The number of likely N-dealkylation sites (N-methyl/N-ethyl adjacent to an activating group) is 2. The third-order valence-corrected chi connectivity index (χ3v) is 3.83. The van der Waals surface area contributed by atoms with Gasteiger partial charge in [0.05, 0.1) is 18.2 Å². The lowest BCUT2D eigenvalue weighted by Gasteiger charge is -2.48. The molecule has 3 heteroatoms. The SMILES string of the molecule is CN1CC2CN(C)[C@@H](c3ccccc3)[C@H](C1)O2. The van der Waals surface area contributed by atoms with Crippen molar-refractivity contribution in [3.63, 3.8) is 0 Å². The molecule has 0 N–H and O–H groups in total. The molecular weight excluding hydrogens is 212 g/mol. The summed E-state index contributed by atoms with van der Waals surface area (Å²) in [6.45, 7) is 3.11. The molecule has 2 fully saturated rings. The first kappa shape index (κ1) is 11.2. The van der Waals surface area contributed by atoms with E-state index in [9.17, 15) is 0 Å². The van der Waals surface area contributed by atoms with E-state index in [0.29, 0.717) is 18.2 Å². The highest BCUT2D eigenvalue weighted by molar-refractivity contribution is 5.21. The largest absolute Gasteiger partial charge is 0.369 e. The fraction of sp³-hybridized carbons (Fsp3) is 0.571. The number of hydrogen-bond acceptors (Lipinski definition) is 3. The number of ether oxygens (including phenoxy) is 1. The van der Waals surface area contributed by atoms with E-state index in [4.69, 9.17) is 4.74 Å². The third-order valence-electron chi connectivity index (χ3n) is 3.83. The Morgan fingerprint density at radius 1 is 1.06 bits per heavy atom. The molecule has 0 aliphatic carbocycles. The van der Waals surface area contributed by atoms with E-state index in [-0.39, 0.29) is 0 Å². The van der Waals surface area contributed by atoms with Crippen molar-refractivity contribution in [1.82, 2.24) is 9.80 Å². The summed E-state index contributed by atoms with van der Waals surface area (Å²) in [5.74, 6) is 0. The summed E-state index contributed by atoms with van der Waals surface area (Å²) in [6, 6.07) is 11.1. The summed E-state index contributed by atoms with van der Waals surface area (Å²) in [7, 11) is 4.40. The minimum atomic E-state index is 0.305. The van der Waals surface area contributed by atoms with Crippen LogP contribution < -0.4 is 0 Å². The van der Waals surface area contributed by atoms with E-state index < -0.39 is 0 Å². The van der Waals surface area contributed by atoms with Gasteiger partial charge in [-0.3, -0.25) is 4.90 Å². The van der Waals surface area contributed by atoms with Gasteiger partial charge in [0.25, 0.3) is 0 Å². The van der Waals surface area contributed by atoms with E-state index in [1.54, 1.807) is 0 Å². The van der Waals surface area contributed by atoms with Gasteiger partial charge in [0.1, 0.15) is 0 Å². The van der Waals surface area contributed by atoms with Gasteiger partial charge in [0.2, 0.25) is 0 Å². The number of morpholine rings is 2. The third kappa shape index (κ3) is 2.10. The zero-order valence-corrected chi connectivity index (χ0v) is 10.5. The summed E-state index contributed by atoms with van der Waals surface area (Å²) in [5.41, 5.74) is 1.37. The molecule has 3 rings (SSSR count). The van der Waals surface area contributed by atoms with E-state index in [0.717, 1.165) is 19.6 Å². The summed E-state index contributed by atoms with van der Waals surface area (Å²) in [4.78, 5) is 4.84. The molecule has 2 aliphatic rings. The highest BCUT2D eigenvalue weighted by Crippen LogP contribution is 2.33. The van der Waals surface area contributed by atoms with Crippen molar-refractivity contribution >= 4 is 0 Å². The van der Waals surface area contributed by atoms with Crippen molar-refractivity contribution in [1.29, 1.82) is 0 Å². The second-order valence-corrected chi connectivity index (χ2v) is 5.31. The quantitative estimate of drug-likeness (QED) is 0.727. The number of hydrogen-bond donors (Lipinski definition) is 0. The maximum absolute atomic E-state index is 6.15. The fourth-order valence-electron chi connectivity index (χ4n) is 3.18. The maximum atomic E-state index is 6.15. The van der Waals surface area contributed by atoms with Crippen molar-refractivity contribution < 1.29 is 4.74 Å². The fourth-order valence-corrected chi connectivity index (χ4v) is 3.18. The molecule has 1 unspecified atom stereocenters. The Balaban J connectivity index is 1.88. The zero-order chi connectivity index (χ0) is 11.8. The first-order chi connectivity index (χ1) is 8.24. The van der Waals surface area contributed by atoms with Crippen LogP contribution in [0.3, 0.4) is 0 Å². The van der Waals surface area contributed by atoms with Crippen LogP contribution in [-0.2, 0) is 4.74 Å². The van der Waals surface area contributed by atoms with Gasteiger partial charge in [0, 0.05) is 19.6 Å². The normalized spacial score (nSPS) is 34.8. The standard InChI is InChI=1S/C14H20N2O/c1-15-8-12-9-16(2)14(13(10-15)17-12)11-6-4-3-5-7-11/h3-7,12-14H,8-10H2,1-2H3/t12?,13-,14-/m0/s1. The van der Waals surface area contributed by atoms with Crippen molar-refractivity contribution in [2.45, 2.75) is 18.2 Å². The van der Waals surface area contributed by atoms with Crippen LogP contribution >= 0.6 is 0 Å². The maximum Gasteiger partial charge on any atom is 0.0903 e. The summed E-state index contributed by atoms with van der Waals surface area (Å²) >= 11 is 0. The average Bonchev–Trinajstić information content (AvgIpc) is 2.28.